The number of hydrogen-bond acceptors (Lipinski definition) is 6. The van der Waals surface area contributed by atoms with Gasteiger partial charge in [-0.25, -0.2) is 14.6 Å². The number of carbonyl (C=O) groups is 2. The topological polar surface area (TPSA) is 86.2 Å². The summed E-state index contributed by atoms with van der Waals surface area (Å²) in [6, 6.07) is 15.5. The number of halogens is 1. The van der Waals surface area contributed by atoms with Crippen LogP contribution in [-0.2, 0) is 4.79 Å². The Balaban J connectivity index is 1.60. The van der Waals surface area contributed by atoms with Crippen molar-refractivity contribution in [2.75, 3.05) is 13.2 Å². The lowest BCUT2D eigenvalue weighted by Crippen LogP contribution is -2.24. The smallest absolute Gasteiger partial charge is 0.343 e. The van der Waals surface area contributed by atoms with Crippen molar-refractivity contribution in [2.24, 2.45) is 5.10 Å². The lowest BCUT2D eigenvalue weighted by atomic mass is 10.1. The van der Waals surface area contributed by atoms with Gasteiger partial charge in [-0.05, 0) is 86.0 Å². The van der Waals surface area contributed by atoms with Crippen LogP contribution in [-0.4, -0.2) is 31.3 Å². The normalized spacial score (nSPS) is 10.7. The molecule has 8 heteroatoms. The minimum Gasteiger partial charge on any atom is -0.490 e. The van der Waals surface area contributed by atoms with Gasteiger partial charge in [-0.1, -0.05) is 12.1 Å². The van der Waals surface area contributed by atoms with Crippen molar-refractivity contribution < 1.29 is 28.2 Å². The van der Waals surface area contributed by atoms with E-state index in [1.165, 1.54) is 30.5 Å². The predicted octanol–water partition coefficient (Wildman–Crippen LogP) is 4.59. The summed E-state index contributed by atoms with van der Waals surface area (Å²) in [5.74, 6) is -0.318. The molecule has 0 saturated carbocycles. The quantitative estimate of drug-likeness (QED) is 0.217. The van der Waals surface area contributed by atoms with Gasteiger partial charge in [-0.3, -0.25) is 4.79 Å². The molecule has 0 heterocycles. The summed E-state index contributed by atoms with van der Waals surface area (Å²) in [6.45, 7) is 5.86. The van der Waals surface area contributed by atoms with Crippen LogP contribution in [0.3, 0.4) is 0 Å². The van der Waals surface area contributed by atoms with E-state index in [9.17, 15) is 14.0 Å². The van der Waals surface area contributed by atoms with Crippen LogP contribution < -0.4 is 19.6 Å². The summed E-state index contributed by atoms with van der Waals surface area (Å²) in [4.78, 5) is 24.4. The molecule has 0 aromatic heterocycles. The number of ether oxygens (including phenoxy) is 3. The number of benzene rings is 3. The van der Waals surface area contributed by atoms with Gasteiger partial charge in [-0.15, -0.1) is 0 Å². The fourth-order valence-electron chi connectivity index (χ4n) is 2.94. The molecule has 7 nitrogen and oxygen atoms in total. The molecular weight excluding hydrogens is 439 g/mol. The second-order valence-electron chi connectivity index (χ2n) is 7.32. The van der Waals surface area contributed by atoms with Gasteiger partial charge in [0.15, 0.2) is 18.1 Å². The third-order valence-corrected chi connectivity index (χ3v) is 4.87. The molecule has 0 aliphatic rings. The van der Waals surface area contributed by atoms with Gasteiger partial charge in [0, 0.05) is 0 Å². The van der Waals surface area contributed by atoms with Crippen molar-refractivity contribution in [1.29, 1.82) is 0 Å². The van der Waals surface area contributed by atoms with Crippen LogP contribution in [0.4, 0.5) is 4.39 Å². The average molecular weight is 464 g/mol. The van der Waals surface area contributed by atoms with E-state index in [2.05, 4.69) is 10.5 Å². The van der Waals surface area contributed by atoms with E-state index in [-0.39, 0.29) is 17.9 Å². The first-order valence-corrected chi connectivity index (χ1v) is 10.6. The summed E-state index contributed by atoms with van der Waals surface area (Å²) in [7, 11) is 0. The van der Waals surface area contributed by atoms with Gasteiger partial charge < -0.3 is 14.2 Å². The molecular formula is C26H25FN2O5. The summed E-state index contributed by atoms with van der Waals surface area (Å²) in [5.41, 5.74) is 5.28. The Hall–Kier alpha value is -4.20. The number of aryl methyl sites for hydroxylation is 1. The third kappa shape index (κ3) is 6.65. The molecule has 3 rings (SSSR count). The van der Waals surface area contributed by atoms with Crippen molar-refractivity contribution >= 4 is 18.1 Å². The first-order valence-electron chi connectivity index (χ1n) is 10.6. The number of nitrogens with one attached hydrogen (secondary N) is 1. The average Bonchev–Trinajstić information content (AvgIpc) is 2.82. The number of nitrogens with zero attached hydrogens (tertiary/aromatic N) is 1. The Morgan fingerprint density at radius 3 is 2.47 bits per heavy atom. The molecule has 0 saturated heterocycles. The molecule has 0 unspecified atom stereocenters. The van der Waals surface area contributed by atoms with Gasteiger partial charge in [0.1, 0.15) is 11.6 Å². The molecule has 0 fully saturated rings. The molecule has 0 radical (unpaired) electrons. The fraction of sp³-hybridized carbons (Fsp3) is 0.192. The molecule has 176 valence electrons. The van der Waals surface area contributed by atoms with Crippen LogP contribution in [0.25, 0.3) is 0 Å². The third-order valence-electron chi connectivity index (χ3n) is 4.87. The molecule has 0 bridgehead atoms. The maximum absolute atomic E-state index is 13.1. The second-order valence-corrected chi connectivity index (χ2v) is 7.32. The summed E-state index contributed by atoms with van der Waals surface area (Å²) in [5, 5.41) is 3.94. The molecule has 0 atom stereocenters. The number of hydrazone groups is 1. The predicted molar refractivity (Wildman–Crippen MR) is 126 cm³/mol. The van der Waals surface area contributed by atoms with E-state index < -0.39 is 17.7 Å². The van der Waals surface area contributed by atoms with Crippen molar-refractivity contribution in [1.82, 2.24) is 5.43 Å². The van der Waals surface area contributed by atoms with Gasteiger partial charge in [0.05, 0.1) is 18.4 Å². The fourth-order valence-corrected chi connectivity index (χ4v) is 2.94. The second kappa shape index (κ2) is 11.6. The van der Waals surface area contributed by atoms with Crippen molar-refractivity contribution in [3.05, 3.63) is 88.7 Å². The highest BCUT2D eigenvalue weighted by Gasteiger charge is 2.13. The maximum atomic E-state index is 13.1. The number of amides is 1. The zero-order valence-electron chi connectivity index (χ0n) is 19.1. The minimum absolute atomic E-state index is 0.176. The molecule has 1 N–H and O–H groups in total. The van der Waals surface area contributed by atoms with E-state index in [0.29, 0.717) is 23.7 Å². The molecule has 0 spiro atoms. The van der Waals surface area contributed by atoms with Crippen LogP contribution in [0.15, 0.2) is 65.8 Å². The zero-order chi connectivity index (χ0) is 24.5. The van der Waals surface area contributed by atoms with Gasteiger partial charge in [0.2, 0.25) is 0 Å². The number of rotatable bonds is 9. The highest BCUT2D eigenvalue weighted by Crippen LogP contribution is 2.29. The van der Waals surface area contributed by atoms with Crippen molar-refractivity contribution in [3.63, 3.8) is 0 Å². The molecule has 1 amide bonds. The van der Waals surface area contributed by atoms with E-state index in [1.54, 1.807) is 31.2 Å². The molecule has 3 aromatic rings. The van der Waals surface area contributed by atoms with Crippen LogP contribution in [0, 0.1) is 19.7 Å². The SMILES string of the molecule is CCOc1cc(C=NNC(=O)COc2cccc(C)c2C)ccc1OC(=O)c1ccc(F)cc1. The van der Waals surface area contributed by atoms with Crippen molar-refractivity contribution in [3.8, 4) is 17.2 Å². The largest absolute Gasteiger partial charge is 0.490 e. The molecule has 34 heavy (non-hydrogen) atoms. The Kier molecular flexibility index (Phi) is 8.34. The molecule has 0 aliphatic carbocycles. The van der Waals surface area contributed by atoms with E-state index in [4.69, 9.17) is 14.2 Å². The van der Waals surface area contributed by atoms with Crippen LogP contribution in [0.1, 0.15) is 34.0 Å². The van der Waals surface area contributed by atoms with Gasteiger partial charge >= 0.3 is 5.97 Å². The first-order chi connectivity index (χ1) is 16.4. The van der Waals surface area contributed by atoms with E-state index >= 15 is 0 Å². The maximum Gasteiger partial charge on any atom is 0.343 e. The lowest BCUT2D eigenvalue weighted by Gasteiger charge is -2.11. The van der Waals surface area contributed by atoms with Crippen LogP contribution >= 0.6 is 0 Å². The Morgan fingerprint density at radius 2 is 1.74 bits per heavy atom. The van der Waals surface area contributed by atoms with Crippen LogP contribution in [0.5, 0.6) is 17.2 Å². The summed E-state index contributed by atoms with van der Waals surface area (Å²) >= 11 is 0. The standard InChI is InChI=1S/C26H25FN2O5/c1-4-32-24-14-19(8-13-23(24)34-26(31)20-9-11-21(27)12-10-20)15-28-29-25(30)16-33-22-7-5-6-17(2)18(22)3/h5-15H,4,16H2,1-3H3,(H,29,30). The number of hydrogen-bond donors (Lipinski definition) is 1. The monoisotopic (exact) mass is 464 g/mol. The molecule has 0 aliphatic heterocycles. The van der Waals surface area contributed by atoms with Gasteiger partial charge in [-0.2, -0.15) is 5.10 Å². The van der Waals surface area contributed by atoms with E-state index in [1.807, 2.05) is 26.0 Å². The highest BCUT2D eigenvalue weighted by atomic mass is 19.1. The Morgan fingerprint density at radius 1 is 0.971 bits per heavy atom. The van der Waals surface area contributed by atoms with E-state index in [0.717, 1.165) is 11.1 Å². The highest BCUT2D eigenvalue weighted by molar-refractivity contribution is 5.91. The van der Waals surface area contributed by atoms with Crippen molar-refractivity contribution in [2.45, 2.75) is 20.8 Å². The lowest BCUT2D eigenvalue weighted by molar-refractivity contribution is -0.123. The minimum atomic E-state index is -0.640. The Bertz CT molecular complexity index is 1190. The van der Waals surface area contributed by atoms with Crippen LogP contribution in [0.2, 0.25) is 0 Å². The number of esters is 1. The van der Waals surface area contributed by atoms with Gasteiger partial charge in [0.25, 0.3) is 5.91 Å². The number of carbonyl (C=O) groups excluding carboxylic acids is 2. The summed E-state index contributed by atoms with van der Waals surface area (Å²) in [6.07, 6.45) is 1.43. The summed E-state index contributed by atoms with van der Waals surface area (Å²) < 4.78 is 29.6. The zero-order valence-corrected chi connectivity index (χ0v) is 19.1. The molecule has 3 aromatic carbocycles. The Labute approximate surface area is 197 Å². The first kappa shape index (κ1) is 24.4.